The number of nitrogens with one attached hydrogen (secondary N) is 1. The Labute approximate surface area is 104 Å². The van der Waals surface area contributed by atoms with Crippen molar-refractivity contribution in [3.05, 3.63) is 24.0 Å². The molecule has 1 aromatic rings. The van der Waals surface area contributed by atoms with Crippen LogP contribution in [0, 0.1) is 5.41 Å². The highest BCUT2D eigenvalue weighted by molar-refractivity contribution is 5.07. The summed E-state index contributed by atoms with van der Waals surface area (Å²) in [5.41, 5.74) is 1.93. The lowest BCUT2D eigenvalue weighted by Crippen LogP contribution is -2.25. The summed E-state index contributed by atoms with van der Waals surface area (Å²) in [6, 6.07) is 4.32. The van der Waals surface area contributed by atoms with E-state index in [1.807, 2.05) is 0 Å². The fourth-order valence-electron chi connectivity index (χ4n) is 2.38. The zero-order chi connectivity index (χ0) is 12.1. The maximum absolute atomic E-state index is 5.17. The van der Waals surface area contributed by atoms with Crippen molar-refractivity contribution >= 4 is 0 Å². The monoisotopic (exact) mass is 236 g/mol. The molecule has 0 bridgehead atoms. The molecule has 17 heavy (non-hydrogen) atoms. The standard InChI is InChI=1S/C14H24N2O/c1-3-16-9-4-5-13(16)11-15-12-14(6-7-14)8-10-17-2/h4-5,9,15H,3,6-8,10-12H2,1-2H3. The van der Waals surface area contributed by atoms with Crippen molar-refractivity contribution in [1.82, 2.24) is 9.88 Å². The smallest absolute Gasteiger partial charge is 0.0468 e. The molecule has 0 amide bonds. The summed E-state index contributed by atoms with van der Waals surface area (Å²) >= 11 is 0. The molecule has 1 aliphatic rings. The molecule has 0 unspecified atom stereocenters. The number of aryl methyl sites for hydroxylation is 1. The first-order chi connectivity index (χ1) is 8.29. The zero-order valence-electron chi connectivity index (χ0n) is 11.0. The summed E-state index contributed by atoms with van der Waals surface area (Å²) in [4.78, 5) is 0. The highest BCUT2D eigenvalue weighted by Gasteiger charge is 2.41. The Morgan fingerprint density at radius 3 is 2.94 bits per heavy atom. The number of hydrogen-bond acceptors (Lipinski definition) is 2. The molecule has 0 saturated heterocycles. The molecule has 1 fully saturated rings. The van der Waals surface area contributed by atoms with Crippen LogP contribution >= 0.6 is 0 Å². The SMILES string of the molecule is CCn1cccc1CNCC1(CCOC)CC1. The molecule has 0 aliphatic heterocycles. The third-order valence-corrected chi connectivity index (χ3v) is 3.86. The van der Waals surface area contributed by atoms with Gasteiger partial charge in [-0.25, -0.2) is 0 Å². The molecule has 0 atom stereocenters. The number of hydrogen-bond donors (Lipinski definition) is 1. The maximum Gasteiger partial charge on any atom is 0.0468 e. The second-order valence-electron chi connectivity index (χ2n) is 5.13. The Hall–Kier alpha value is -0.800. The predicted molar refractivity (Wildman–Crippen MR) is 70.0 cm³/mol. The minimum Gasteiger partial charge on any atom is -0.385 e. The lowest BCUT2D eigenvalue weighted by molar-refractivity contribution is 0.171. The van der Waals surface area contributed by atoms with E-state index >= 15 is 0 Å². The van der Waals surface area contributed by atoms with Crippen molar-refractivity contribution in [1.29, 1.82) is 0 Å². The van der Waals surface area contributed by atoms with Gasteiger partial charge in [-0.2, -0.15) is 0 Å². The van der Waals surface area contributed by atoms with Gasteiger partial charge in [0.15, 0.2) is 0 Å². The van der Waals surface area contributed by atoms with E-state index in [0.29, 0.717) is 5.41 Å². The Morgan fingerprint density at radius 1 is 1.47 bits per heavy atom. The number of nitrogens with zero attached hydrogens (tertiary/aromatic N) is 1. The van der Waals surface area contributed by atoms with Crippen LogP contribution in [0.2, 0.25) is 0 Å². The van der Waals surface area contributed by atoms with E-state index in [1.165, 1.54) is 25.0 Å². The van der Waals surface area contributed by atoms with Crippen LogP contribution < -0.4 is 5.32 Å². The van der Waals surface area contributed by atoms with Crippen molar-refractivity contribution < 1.29 is 4.74 Å². The first-order valence-corrected chi connectivity index (χ1v) is 6.63. The number of aromatic nitrogens is 1. The zero-order valence-corrected chi connectivity index (χ0v) is 11.0. The Balaban J connectivity index is 1.72. The van der Waals surface area contributed by atoms with E-state index in [-0.39, 0.29) is 0 Å². The number of ether oxygens (including phenoxy) is 1. The van der Waals surface area contributed by atoms with Gasteiger partial charge in [0.25, 0.3) is 0 Å². The Kier molecular flexibility index (Phi) is 4.24. The summed E-state index contributed by atoms with van der Waals surface area (Å²) in [6.07, 6.45) is 6.07. The van der Waals surface area contributed by atoms with Crippen molar-refractivity contribution in [2.45, 2.75) is 39.3 Å². The topological polar surface area (TPSA) is 26.2 Å². The third kappa shape index (κ3) is 3.33. The Bertz CT molecular complexity index is 342. The molecule has 1 saturated carbocycles. The van der Waals surface area contributed by atoms with E-state index in [1.54, 1.807) is 7.11 Å². The molecule has 1 heterocycles. The van der Waals surface area contributed by atoms with E-state index in [4.69, 9.17) is 4.74 Å². The minimum absolute atomic E-state index is 0.541. The molecular weight excluding hydrogens is 212 g/mol. The van der Waals surface area contributed by atoms with Gasteiger partial charge in [0.1, 0.15) is 0 Å². The van der Waals surface area contributed by atoms with E-state index in [2.05, 4.69) is 35.1 Å². The first-order valence-electron chi connectivity index (χ1n) is 6.63. The van der Waals surface area contributed by atoms with Gasteiger partial charge in [0.2, 0.25) is 0 Å². The molecule has 3 heteroatoms. The summed E-state index contributed by atoms with van der Waals surface area (Å²) in [6.45, 7) is 6.25. The van der Waals surface area contributed by atoms with Crippen molar-refractivity contribution in [2.24, 2.45) is 5.41 Å². The van der Waals surface area contributed by atoms with Crippen LogP contribution in [0.1, 0.15) is 31.9 Å². The second-order valence-corrected chi connectivity index (χ2v) is 5.13. The first kappa shape index (κ1) is 12.7. The van der Waals surface area contributed by atoms with Gasteiger partial charge in [-0.3, -0.25) is 0 Å². The lowest BCUT2D eigenvalue weighted by atomic mass is 10.0. The van der Waals surface area contributed by atoms with Crippen LogP contribution in [-0.2, 0) is 17.8 Å². The van der Waals surface area contributed by atoms with Gasteiger partial charge in [0.05, 0.1) is 0 Å². The Morgan fingerprint density at radius 2 is 2.29 bits per heavy atom. The van der Waals surface area contributed by atoms with E-state index < -0.39 is 0 Å². The lowest BCUT2D eigenvalue weighted by Gasteiger charge is -2.16. The third-order valence-electron chi connectivity index (χ3n) is 3.86. The highest BCUT2D eigenvalue weighted by Crippen LogP contribution is 2.48. The fraction of sp³-hybridized carbons (Fsp3) is 0.714. The molecule has 1 N–H and O–H groups in total. The van der Waals surface area contributed by atoms with E-state index in [9.17, 15) is 0 Å². The highest BCUT2D eigenvalue weighted by atomic mass is 16.5. The van der Waals surface area contributed by atoms with Gasteiger partial charge in [-0.1, -0.05) is 0 Å². The molecule has 2 rings (SSSR count). The van der Waals surface area contributed by atoms with Crippen LogP contribution in [-0.4, -0.2) is 24.8 Å². The number of methoxy groups -OCH3 is 1. The summed E-state index contributed by atoms with van der Waals surface area (Å²) in [5, 5.41) is 3.60. The molecule has 3 nitrogen and oxygen atoms in total. The van der Waals surface area contributed by atoms with Gasteiger partial charge < -0.3 is 14.6 Å². The average molecular weight is 236 g/mol. The van der Waals surface area contributed by atoms with Crippen LogP contribution in [0.5, 0.6) is 0 Å². The van der Waals surface area contributed by atoms with Gasteiger partial charge in [0, 0.05) is 45.2 Å². The van der Waals surface area contributed by atoms with Gasteiger partial charge in [-0.05, 0) is 43.7 Å². The van der Waals surface area contributed by atoms with Crippen LogP contribution in [0.3, 0.4) is 0 Å². The predicted octanol–water partition coefficient (Wildman–Crippen LogP) is 2.41. The summed E-state index contributed by atoms with van der Waals surface area (Å²) in [5.74, 6) is 0. The minimum atomic E-state index is 0.541. The second kappa shape index (κ2) is 5.69. The molecule has 1 aliphatic carbocycles. The fourth-order valence-corrected chi connectivity index (χ4v) is 2.38. The van der Waals surface area contributed by atoms with Gasteiger partial charge >= 0.3 is 0 Å². The molecular formula is C14H24N2O. The van der Waals surface area contributed by atoms with Crippen molar-refractivity contribution in [3.8, 4) is 0 Å². The van der Waals surface area contributed by atoms with Crippen LogP contribution in [0.4, 0.5) is 0 Å². The van der Waals surface area contributed by atoms with Crippen molar-refractivity contribution in [3.63, 3.8) is 0 Å². The van der Waals surface area contributed by atoms with Crippen molar-refractivity contribution in [2.75, 3.05) is 20.3 Å². The number of rotatable bonds is 8. The maximum atomic E-state index is 5.17. The average Bonchev–Trinajstić information content (AvgIpc) is 2.96. The molecule has 0 spiro atoms. The molecule has 96 valence electrons. The molecule has 0 radical (unpaired) electrons. The summed E-state index contributed by atoms with van der Waals surface area (Å²) < 4.78 is 7.47. The van der Waals surface area contributed by atoms with E-state index in [0.717, 1.165) is 26.2 Å². The quantitative estimate of drug-likeness (QED) is 0.750. The summed E-state index contributed by atoms with van der Waals surface area (Å²) in [7, 11) is 1.79. The van der Waals surface area contributed by atoms with Crippen LogP contribution in [0.15, 0.2) is 18.3 Å². The normalized spacial score (nSPS) is 17.3. The van der Waals surface area contributed by atoms with Gasteiger partial charge in [-0.15, -0.1) is 0 Å². The van der Waals surface area contributed by atoms with Crippen LogP contribution in [0.25, 0.3) is 0 Å². The largest absolute Gasteiger partial charge is 0.385 e. The molecule has 0 aromatic carbocycles. The molecule has 1 aromatic heterocycles.